The van der Waals surface area contributed by atoms with Gasteiger partial charge in [-0.15, -0.1) is 0 Å². The maximum absolute atomic E-state index is 12.0. The highest BCUT2D eigenvalue weighted by molar-refractivity contribution is 5.69. The van der Waals surface area contributed by atoms with E-state index in [0.717, 1.165) is 32.1 Å². The summed E-state index contributed by atoms with van der Waals surface area (Å²) in [5, 5.41) is 8.64. The van der Waals surface area contributed by atoms with Gasteiger partial charge in [0.25, 0.3) is 0 Å². The minimum Gasteiger partial charge on any atom is -0.481 e. The molecule has 266 valence electrons. The molecule has 0 amide bonds. The first-order valence-corrected chi connectivity index (χ1v) is 20.2. The number of aliphatic carboxylic acids is 1. The maximum Gasteiger partial charge on any atom is 0.305 e. The predicted octanol–water partition coefficient (Wildman–Crippen LogP) is 13.8. The standard InChI is InChI=1S/C41H78O4/c1-2-3-4-5-6-7-8-9-10-13-17-20-23-26-29-32-35-38-41(44)45-39-36-33-30-27-24-21-18-15-12-11-14-16-19-22-25-28-31-34-37-40(42)43/h9-10H,2-8,11-39H2,1H3,(H,42,43). The lowest BCUT2D eigenvalue weighted by atomic mass is 10.0. The summed E-state index contributed by atoms with van der Waals surface area (Å²) in [5.74, 6) is -0.654. The number of carboxylic acids is 1. The van der Waals surface area contributed by atoms with Crippen molar-refractivity contribution < 1.29 is 19.4 Å². The molecule has 45 heavy (non-hydrogen) atoms. The molecule has 0 fully saturated rings. The Labute approximate surface area is 281 Å². The second-order valence-electron chi connectivity index (χ2n) is 13.8. The van der Waals surface area contributed by atoms with E-state index in [9.17, 15) is 9.59 Å². The van der Waals surface area contributed by atoms with Gasteiger partial charge in [0.2, 0.25) is 0 Å². The summed E-state index contributed by atoms with van der Waals surface area (Å²) in [6, 6.07) is 0. The molecule has 0 aromatic rings. The van der Waals surface area contributed by atoms with Crippen molar-refractivity contribution in [2.75, 3.05) is 6.61 Å². The van der Waals surface area contributed by atoms with Crippen molar-refractivity contribution in [3.63, 3.8) is 0 Å². The number of carboxylic acid groups (broad SMARTS) is 1. The van der Waals surface area contributed by atoms with Crippen LogP contribution in [0.3, 0.4) is 0 Å². The van der Waals surface area contributed by atoms with E-state index in [1.54, 1.807) is 0 Å². The van der Waals surface area contributed by atoms with Crippen LogP contribution in [0.1, 0.15) is 232 Å². The number of unbranched alkanes of at least 4 members (excludes halogenated alkanes) is 30. The Morgan fingerprint density at radius 1 is 0.422 bits per heavy atom. The van der Waals surface area contributed by atoms with Crippen molar-refractivity contribution in [3.8, 4) is 0 Å². The molecule has 0 radical (unpaired) electrons. The van der Waals surface area contributed by atoms with Crippen LogP contribution in [0.15, 0.2) is 12.2 Å². The molecule has 0 spiro atoms. The number of rotatable bonds is 38. The van der Waals surface area contributed by atoms with E-state index in [2.05, 4.69) is 19.1 Å². The second-order valence-corrected chi connectivity index (χ2v) is 13.8. The van der Waals surface area contributed by atoms with Gasteiger partial charge >= 0.3 is 11.9 Å². The van der Waals surface area contributed by atoms with Gasteiger partial charge in [0.05, 0.1) is 6.61 Å². The summed E-state index contributed by atoms with van der Waals surface area (Å²) in [5.41, 5.74) is 0. The fraction of sp³-hybridized carbons (Fsp3) is 0.902. The molecule has 0 atom stereocenters. The molecule has 0 aliphatic rings. The monoisotopic (exact) mass is 635 g/mol. The first-order chi connectivity index (χ1) is 22.2. The van der Waals surface area contributed by atoms with Gasteiger partial charge in [0.15, 0.2) is 0 Å². The van der Waals surface area contributed by atoms with Crippen LogP contribution >= 0.6 is 0 Å². The summed E-state index contributed by atoms with van der Waals surface area (Å²) in [4.78, 5) is 22.5. The molecule has 1 N–H and O–H groups in total. The van der Waals surface area contributed by atoms with E-state index < -0.39 is 5.97 Å². The molecule has 0 rings (SSSR count). The van der Waals surface area contributed by atoms with E-state index in [1.807, 2.05) is 0 Å². The highest BCUT2D eigenvalue weighted by atomic mass is 16.5. The molecular formula is C41H78O4. The lowest BCUT2D eigenvalue weighted by Crippen LogP contribution is -2.05. The Morgan fingerprint density at radius 2 is 0.733 bits per heavy atom. The number of ether oxygens (including phenoxy) is 1. The van der Waals surface area contributed by atoms with Crippen molar-refractivity contribution in [1.29, 1.82) is 0 Å². The molecule has 0 aliphatic heterocycles. The van der Waals surface area contributed by atoms with Gasteiger partial charge in [-0.2, -0.15) is 0 Å². The van der Waals surface area contributed by atoms with Crippen LogP contribution in [0.25, 0.3) is 0 Å². The van der Waals surface area contributed by atoms with Crippen molar-refractivity contribution >= 4 is 11.9 Å². The topological polar surface area (TPSA) is 63.6 Å². The first-order valence-electron chi connectivity index (χ1n) is 20.2. The third-order valence-corrected chi connectivity index (χ3v) is 9.19. The van der Waals surface area contributed by atoms with Crippen LogP contribution < -0.4 is 0 Å². The number of carbonyl (C=O) groups excluding carboxylic acids is 1. The van der Waals surface area contributed by atoms with E-state index in [4.69, 9.17) is 9.84 Å². The Morgan fingerprint density at radius 3 is 1.11 bits per heavy atom. The normalized spacial score (nSPS) is 11.5. The Hall–Kier alpha value is -1.32. The number of hydrogen-bond donors (Lipinski definition) is 1. The zero-order valence-electron chi connectivity index (χ0n) is 30.3. The molecule has 0 unspecified atom stereocenters. The largest absolute Gasteiger partial charge is 0.481 e. The van der Waals surface area contributed by atoms with Crippen molar-refractivity contribution in [3.05, 3.63) is 12.2 Å². The molecular weight excluding hydrogens is 556 g/mol. The van der Waals surface area contributed by atoms with E-state index in [1.165, 1.54) is 180 Å². The molecule has 0 aromatic carbocycles. The number of hydrogen-bond acceptors (Lipinski definition) is 3. The molecule has 0 aromatic heterocycles. The predicted molar refractivity (Wildman–Crippen MR) is 195 cm³/mol. The van der Waals surface area contributed by atoms with E-state index in [0.29, 0.717) is 19.4 Å². The average molecular weight is 635 g/mol. The van der Waals surface area contributed by atoms with Crippen LogP contribution in [-0.4, -0.2) is 23.7 Å². The fourth-order valence-electron chi connectivity index (χ4n) is 6.16. The quantitative estimate of drug-likeness (QED) is 0.0417. The van der Waals surface area contributed by atoms with Crippen LogP contribution in [0.2, 0.25) is 0 Å². The smallest absolute Gasteiger partial charge is 0.305 e. The molecule has 0 heterocycles. The molecule has 0 aliphatic carbocycles. The van der Waals surface area contributed by atoms with E-state index in [-0.39, 0.29) is 5.97 Å². The molecule has 4 nitrogen and oxygen atoms in total. The summed E-state index contributed by atoms with van der Waals surface area (Å²) in [7, 11) is 0. The summed E-state index contributed by atoms with van der Waals surface area (Å²) >= 11 is 0. The van der Waals surface area contributed by atoms with Gasteiger partial charge < -0.3 is 9.84 Å². The Kier molecular flexibility index (Phi) is 37.7. The zero-order valence-corrected chi connectivity index (χ0v) is 30.3. The highest BCUT2D eigenvalue weighted by Crippen LogP contribution is 2.15. The van der Waals surface area contributed by atoms with Crippen LogP contribution in [0.5, 0.6) is 0 Å². The Balaban J connectivity index is 3.18. The minimum atomic E-state index is -0.661. The zero-order chi connectivity index (χ0) is 32.7. The second kappa shape index (κ2) is 38.9. The number of esters is 1. The fourth-order valence-corrected chi connectivity index (χ4v) is 6.16. The molecule has 0 bridgehead atoms. The Bertz CT molecular complexity index is 629. The van der Waals surface area contributed by atoms with Gasteiger partial charge in [-0.25, -0.2) is 0 Å². The van der Waals surface area contributed by atoms with Crippen molar-refractivity contribution in [1.82, 2.24) is 0 Å². The van der Waals surface area contributed by atoms with Crippen LogP contribution in [0.4, 0.5) is 0 Å². The van der Waals surface area contributed by atoms with Crippen molar-refractivity contribution in [2.24, 2.45) is 0 Å². The van der Waals surface area contributed by atoms with E-state index >= 15 is 0 Å². The van der Waals surface area contributed by atoms with Gasteiger partial charge in [0, 0.05) is 12.8 Å². The SMILES string of the molecule is CCCCCCCCC=CCCCCCCCCCC(=O)OCCCCCCCCCCCCCCCCCCCCC(=O)O. The summed E-state index contributed by atoms with van der Waals surface area (Å²) in [6.07, 6.45) is 48.1. The third-order valence-electron chi connectivity index (χ3n) is 9.19. The number of carbonyl (C=O) groups is 2. The maximum atomic E-state index is 12.0. The van der Waals surface area contributed by atoms with Gasteiger partial charge in [-0.3, -0.25) is 9.59 Å². The van der Waals surface area contributed by atoms with Gasteiger partial charge in [0.1, 0.15) is 0 Å². The van der Waals surface area contributed by atoms with Crippen molar-refractivity contribution in [2.45, 2.75) is 232 Å². The summed E-state index contributed by atoms with van der Waals surface area (Å²) in [6.45, 7) is 2.89. The first kappa shape index (κ1) is 43.7. The van der Waals surface area contributed by atoms with Gasteiger partial charge in [-0.1, -0.05) is 186 Å². The average Bonchev–Trinajstić information content (AvgIpc) is 3.03. The third kappa shape index (κ3) is 40.7. The van der Waals surface area contributed by atoms with Gasteiger partial charge in [-0.05, 0) is 44.9 Å². The lowest BCUT2D eigenvalue weighted by molar-refractivity contribution is -0.144. The highest BCUT2D eigenvalue weighted by Gasteiger charge is 2.03. The lowest BCUT2D eigenvalue weighted by Gasteiger charge is -2.06. The summed E-state index contributed by atoms with van der Waals surface area (Å²) < 4.78 is 5.45. The van der Waals surface area contributed by atoms with Crippen LogP contribution in [0, 0.1) is 0 Å². The minimum absolute atomic E-state index is 0.00714. The molecule has 4 heteroatoms. The number of allylic oxidation sites excluding steroid dienone is 2. The molecule has 0 saturated heterocycles. The molecule has 0 saturated carbocycles. The van der Waals surface area contributed by atoms with Crippen LogP contribution in [-0.2, 0) is 14.3 Å².